The summed E-state index contributed by atoms with van der Waals surface area (Å²) in [6.07, 6.45) is 11.9. The van der Waals surface area contributed by atoms with Crippen molar-refractivity contribution in [1.82, 2.24) is 0 Å². The number of halogens is 1. The quantitative estimate of drug-likeness (QED) is 0.577. The van der Waals surface area contributed by atoms with Gasteiger partial charge in [-0.15, -0.1) is 0 Å². The summed E-state index contributed by atoms with van der Waals surface area (Å²) in [6.45, 7) is 1.92. The summed E-state index contributed by atoms with van der Waals surface area (Å²) in [7, 11) is 0. The first-order valence-corrected chi connectivity index (χ1v) is 9.02. The van der Waals surface area contributed by atoms with Crippen molar-refractivity contribution >= 4 is 0 Å². The molecule has 0 amide bonds. The van der Waals surface area contributed by atoms with Crippen LogP contribution in [0.1, 0.15) is 63.5 Å². The van der Waals surface area contributed by atoms with Crippen LogP contribution in [0.25, 0.3) is 0 Å². The van der Waals surface area contributed by atoms with Crippen molar-refractivity contribution < 1.29 is 9.13 Å². The molecule has 0 heterocycles. The van der Waals surface area contributed by atoms with Gasteiger partial charge in [0.15, 0.2) is 0 Å². The van der Waals surface area contributed by atoms with Crippen molar-refractivity contribution in [2.24, 2.45) is 11.8 Å². The van der Waals surface area contributed by atoms with Crippen LogP contribution in [0.15, 0.2) is 54.1 Å². The highest BCUT2D eigenvalue weighted by Crippen LogP contribution is 2.39. The number of allylic oxidation sites excluding steroid dienone is 4. The fourth-order valence-electron chi connectivity index (χ4n) is 3.75. The van der Waals surface area contributed by atoms with Gasteiger partial charge in [0.05, 0.1) is 5.76 Å². The largest absolute Gasteiger partial charge is 0.490 e. The highest BCUT2D eigenvalue weighted by molar-refractivity contribution is 5.22. The van der Waals surface area contributed by atoms with Crippen LogP contribution in [0.4, 0.5) is 4.39 Å². The molecule has 2 aliphatic rings. The van der Waals surface area contributed by atoms with E-state index >= 15 is 0 Å². The Labute approximate surface area is 139 Å². The van der Waals surface area contributed by atoms with Gasteiger partial charge in [-0.25, -0.2) is 4.39 Å². The zero-order chi connectivity index (χ0) is 16.1. The van der Waals surface area contributed by atoms with E-state index in [1.54, 1.807) is 6.08 Å². The van der Waals surface area contributed by atoms with Crippen LogP contribution in [-0.4, -0.2) is 0 Å². The Morgan fingerprint density at radius 2 is 1.70 bits per heavy atom. The molecule has 0 N–H and O–H groups in total. The van der Waals surface area contributed by atoms with Gasteiger partial charge in [0.2, 0.25) is 0 Å². The maximum atomic E-state index is 13.6. The average Bonchev–Trinajstić information content (AvgIpc) is 2.86. The van der Waals surface area contributed by atoms with Gasteiger partial charge < -0.3 is 4.74 Å². The SMILES string of the molecule is CC1CC(OC(c2ccccc2)C2CCCCCC2)=CC=C1F. The fourth-order valence-corrected chi connectivity index (χ4v) is 3.75. The van der Waals surface area contributed by atoms with E-state index in [9.17, 15) is 4.39 Å². The highest BCUT2D eigenvalue weighted by Gasteiger charge is 2.27. The minimum atomic E-state index is -0.0689. The lowest BCUT2D eigenvalue weighted by atomic mass is 9.89. The van der Waals surface area contributed by atoms with Gasteiger partial charge >= 0.3 is 0 Å². The minimum Gasteiger partial charge on any atom is -0.490 e. The summed E-state index contributed by atoms with van der Waals surface area (Å²) in [6, 6.07) is 10.5. The van der Waals surface area contributed by atoms with Gasteiger partial charge in [0.1, 0.15) is 11.9 Å². The Morgan fingerprint density at radius 3 is 2.35 bits per heavy atom. The van der Waals surface area contributed by atoms with Crippen LogP contribution in [0.2, 0.25) is 0 Å². The third-order valence-corrected chi connectivity index (χ3v) is 5.14. The molecule has 0 saturated heterocycles. The molecule has 2 atom stereocenters. The van der Waals surface area contributed by atoms with E-state index in [1.165, 1.54) is 44.1 Å². The first-order valence-electron chi connectivity index (χ1n) is 9.02. The van der Waals surface area contributed by atoms with Gasteiger partial charge in [-0.1, -0.05) is 62.9 Å². The van der Waals surface area contributed by atoms with Crippen LogP contribution < -0.4 is 0 Å². The summed E-state index contributed by atoms with van der Waals surface area (Å²) >= 11 is 0. The number of rotatable bonds is 4. The predicted molar refractivity (Wildman–Crippen MR) is 92.5 cm³/mol. The second-order valence-corrected chi connectivity index (χ2v) is 6.99. The molecule has 2 heteroatoms. The average molecular weight is 314 g/mol. The van der Waals surface area contributed by atoms with E-state index in [-0.39, 0.29) is 17.8 Å². The Kier molecular flexibility index (Phi) is 5.53. The van der Waals surface area contributed by atoms with Crippen molar-refractivity contribution in [3.63, 3.8) is 0 Å². The number of hydrogen-bond acceptors (Lipinski definition) is 1. The molecule has 1 nitrogen and oxygen atoms in total. The molecule has 1 aromatic carbocycles. The lowest BCUT2D eigenvalue weighted by Crippen LogP contribution is -2.17. The maximum absolute atomic E-state index is 13.6. The van der Waals surface area contributed by atoms with Crippen LogP contribution in [-0.2, 0) is 4.74 Å². The molecule has 124 valence electrons. The van der Waals surface area contributed by atoms with Crippen molar-refractivity contribution in [2.45, 2.75) is 58.0 Å². The summed E-state index contributed by atoms with van der Waals surface area (Å²) < 4.78 is 20.0. The molecule has 0 bridgehead atoms. The Hall–Kier alpha value is -1.57. The van der Waals surface area contributed by atoms with Gasteiger partial charge in [-0.3, -0.25) is 0 Å². The van der Waals surface area contributed by atoms with E-state index < -0.39 is 0 Å². The van der Waals surface area contributed by atoms with Gasteiger partial charge in [-0.2, -0.15) is 0 Å². The fraction of sp³-hybridized carbons (Fsp3) is 0.524. The smallest absolute Gasteiger partial charge is 0.126 e. The Balaban J connectivity index is 1.80. The monoisotopic (exact) mass is 314 g/mol. The molecule has 1 fully saturated rings. The van der Waals surface area contributed by atoms with Gasteiger partial charge in [0.25, 0.3) is 0 Å². The third kappa shape index (κ3) is 4.25. The van der Waals surface area contributed by atoms with Crippen LogP contribution >= 0.6 is 0 Å². The van der Waals surface area contributed by atoms with E-state index in [0.29, 0.717) is 12.3 Å². The highest BCUT2D eigenvalue weighted by atomic mass is 19.1. The molecule has 2 aliphatic carbocycles. The van der Waals surface area contributed by atoms with Crippen LogP contribution in [0, 0.1) is 11.8 Å². The zero-order valence-corrected chi connectivity index (χ0v) is 14.0. The molecule has 1 saturated carbocycles. The van der Waals surface area contributed by atoms with Crippen molar-refractivity contribution in [3.8, 4) is 0 Å². The van der Waals surface area contributed by atoms with E-state index in [4.69, 9.17) is 4.74 Å². The molecule has 0 aromatic heterocycles. The molecular formula is C21H27FO. The number of ether oxygens (including phenoxy) is 1. The summed E-state index contributed by atoms with van der Waals surface area (Å²) in [5.74, 6) is 1.38. The first-order chi connectivity index (χ1) is 11.2. The van der Waals surface area contributed by atoms with Gasteiger partial charge in [-0.05, 0) is 30.6 Å². The lowest BCUT2D eigenvalue weighted by molar-refractivity contribution is 0.0473. The number of benzene rings is 1. The van der Waals surface area contributed by atoms with Crippen LogP contribution in [0.3, 0.4) is 0 Å². The van der Waals surface area contributed by atoms with Crippen molar-refractivity contribution in [2.75, 3.05) is 0 Å². The van der Waals surface area contributed by atoms with E-state index in [1.807, 2.05) is 19.1 Å². The topological polar surface area (TPSA) is 9.23 Å². The van der Waals surface area contributed by atoms with E-state index in [2.05, 4.69) is 24.3 Å². The maximum Gasteiger partial charge on any atom is 0.126 e. The minimum absolute atomic E-state index is 0.0388. The summed E-state index contributed by atoms with van der Waals surface area (Å²) in [5, 5.41) is 0. The second-order valence-electron chi connectivity index (χ2n) is 6.99. The van der Waals surface area contributed by atoms with Crippen molar-refractivity contribution in [1.29, 1.82) is 0 Å². The molecule has 0 radical (unpaired) electrons. The lowest BCUT2D eigenvalue weighted by Gasteiger charge is -2.30. The molecular weight excluding hydrogens is 287 g/mol. The van der Waals surface area contributed by atoms with Gasteiger partial charge in [0, 0.05) is 18.3 Å². The second kappa shape index (κ2) is 7.81. The standard InChI is InChI=1S/C21H27FO/c1-16-15-19(13-14-20(16)22)23-21(18-11-7-4-8-12-18)17-9-5-2-3-6-10-17/h4,7-8,11-14,16-17,21H,2-3,5-6,9-10,15H2,1H3. The Bertz CT molecular complexity index is 552. The molecule has 0 aliphatic heterocycles. The number of hydrogen-bond donors (Lipinski definition) is 0. The summed E-state index contributed by atoms with van der Waals surface area (Å²) in [4.78, 5) is 0. The zero-order valence-electron chi connectivity index (χ0n) is 14.0. The molecule has 23 heavy (non-hydrogen) atoms. The first kappa shape index (κ1) is 16.3. The Morgan fingerprint density at radius 1 is 1.00 bits per heavy atom. The normalized spacial score (nSPS) is 24.3. The van der Waals surface area contributed by atoms with Crippen molar-refractivity contribution in [3.05, 3.63) is 59.6 Å². The third-order valence-electron chi connectivity index (χ3n) is 5.14. The van der Waals surface area contributed by atoms with Crippen LogP contribution in [0.5, 0.6) is 0 Å². The molecule has 1 aromatic rings. The van der Waals surface area contributed by atoms with E-state index in [0.717, 1.165) is 5.76 Å². The summed E-state index contributed by atoms with van der Waals surface area (Å²) in [5.41, 5.74) is 1.25. The predicted octanol–water partition coefficient (Wildman–Crippen LogP) is 6.49. The molecule has 2 unspecified atom stereocenters. The molecule has 0 spiro atoms. The molecule has 3 rings (SSSR count).